The zero-order valence-corrected chi connectivity index (χ0v) is 11.2. The van der Waals surface area contributed by atoms with Gasteiger partial charge in [-0.15, -0.1) is 0 Å². The Morgan fingerprint density at radius 2 is 2.06 bits per heavy atom. The predicted octanol–water partition coefficient (Wildman–Crippen LogP) is 0.0382. The lowest BCUT2D eigenvalue weighted by Gasteiger charge is -2.12. The normalized spacial score (nSPS) is 23.5. The van der Waals surface area contributed by atoms with E-state index >= 15 is 0 Å². The van der Waals surface area contributed by atoms with Crippen LogP contribution in [0.4, 0.5) is 0 Å². The van der Waals surface area contributed by atoms with Crippen molar-refractivity contribution < 1.29 is 23.1 Å². The molecule has 2 atom stereocenters. The molecule has 1 saturated heterocycles. The quantitative estimate of drug-likeness (QED) is 0.714. The minimum Gasteiger partial charge on any atom is -0.481 e. The first-order valence-electron chi connectivity index (χ1n) is 5.97. The van der Waals surface area contributed by atoms with Gasteiger partial charge in [-0.25, -0.2) is 8.42 Å². The molecule has 6 nitrogen and oxygen atoms in total. The molecule has 0 aromatic rings. The van der Waals surface area contributed by atoms with Crippen LogP contribution in [0, 0.1) is 11.8 Å². The first-order chi connectivity index (χ1) is 8.28. The zero-order valence-electron chi connectivity index (χ0n) is 10.4. The number of carbonyl (C=O) groups is 2. The Morgan fingerprint density at radius 3 is 2.56 bits per heavy atom. The molecule has 1 aliphatic rings. The molecule has 18 heavy (non-hydrogen) atoms. The number of sulfone groups is 1. The molecule has 1 rings (SSSR count). The van der Waals surface area contributed by atoms with Crippen LogP contribution >= 0.6 is 0 Å². The Kier molecular flexibility index (Phi) is 5.13. The zero-order chi connectivity index (χ0) is 13.8. The summed E-state index contributed by atoms with van der Waals surface area (Å²) in [5.74, 6) is -1.02. The molecule has 0 spiro atoms. The number of carboxylic acid groups (broad SMARTS) is 1. The lowest BCUT2D eigenvalue weighted by Crippen LogP contribution is -2.31. The average Bonchev–Trinajstić information content (AvgIpc) is 2.54. The number of carboxylic acids is 1. The van der Waals surface area contributed by atoms with Gasteiger partial charge in [0.25, 0.3) is 0 Å². The second kappa shape index (κ2) is 6.17. The fourth-order valence-corrected chi connectivity index (χ4v) is 3.91. The molecule has 0 saturated carbocycles. The molecule has 1 fully saturated rings. The highest BCUT2D eigenvalue weighted by Gasteiger charge is 2.28. The van der Waals surface area contributed by atoms with Gasteiger partial charge in [-0.1, -0.05) is 6.92 Å². The summed E-state index contributed by atoms with van der Waals surface area (Å²) in [6.07, 6.45) is 0.713. The third kappa shape index (κ3) is 5.48. The molecule has 0 aromatic heterocycles. The number of amides is 1. The smallest absolute Gasteiger partial charge is 0.303 e. The van der Waals surface area contributed by atoms with Crippen LogP contribution in [-0.4, -0.2) is 43.5 Å². The molecule has 2 N–H and O–H groups in total. The van der Waals surface area contributed by atoms with E-state index in [0.29, 0.717) is 13.0 Å². The number of hydrogen-bond donors (Lipinski definition) is 2. The SMILES string of the molecule is CC(CC(=O)O)CC(=O)NCC1CCS(=O)(=O)C1. The van der Waals surface area contributed by atoms with Crippen LogP contribution in [0.25, 0.3) is 0 Å². The topological polar surface area (TPSA) is 101 Å². The molecule has 7 heteroatoms. The van der Waals surface area contributed by atoms with Gasteiger partial charge in [0, 0.05) is 19.4 Å². The third-order valence-corrected chi connectivity index (χ3v) is 4.81. The van der Waals surface area contributed by atoms with E-state index < -0.39 is 15.8 Å². The van der Waals surface area contributed by atoms with E-state index in [2.05, 4.69) is 5.32 Å². The Hall–Kier alpha value is -1.11. The summed E-state index contributed by atoms with van der Waals surface area (Å²) >= 11 is 0. The Labute approximate surface area is 107 Å². The summed E-state index contributed by atoms with van der Waals surface area (Å²) in [5, 5.41) is 11.2. The van der Waals surface area contributed by atoms with Crippen molar-refractivity contribution in [3.05, 3.63) is 0 Å². The van der Waals surface area contributed by atoms with E-state index in [9.17, 15) is 18.0 Å². The molecule has 2 unspecified atom stereocenters. The minimum absolute atomic E-state index is 0.00581. The third-order valence-electron chi connectivity index (χ3n) is 2.97. The van der Waals surface area contributed by atoms with Gasteiger partial charge in [0.15, 0.2) is 9.84 Å². The maximum absolute atomic E-state index is 11.5. The number of carbonyl (C=O) groups excluding carboxylic acids is 1. The number of nitrogens with one attached hydrogen (secondary N) is 1. The van der Waals surface area contributed by atoms with Gasteiger partial charge < -0.3 is 10.4 Å². The molecule has 0 bridgehead atoms. The minimum atomic E-state index is -2.91. The van der Waals surface area contributed by atoms with E-state index in [1.807, 2.05) is 0 Å². The van der Waals surface area contributed by atoms with E-state index in [0.717, 1.165) is 0 Å². The maximum Gasteiger partial charge on any atom is 0.303 e. The number of rotatable bonds is 6. The van der Waals surface area contributed by atoms with Gasteiger partial charge in [-0.05, 0) is 18.3 Å². The molecule has 1 heterocycles. The highest BCUT2D eigenvalue weighted by Crippen LogP contribution is 2.17. The van der Waals surface area contributed by atoms with Crippen molar-refractivity contribution in [1.82, 2.24) is 5.32 Å². The van der Waals surface area contributed by atoms with Crippen LogP contribution in [0.1, 0.15) is 26.2 Å². The van der Waals surface area contributed by atoms with Gasteiger partial charge in [0.2, 0.25) is 5.91 Å². The first kappa shape index (κ1) is 14.9. The monoisotopic (exact) mass is 277 g/mol. The first-order valence-corrected chi connectivity index (χ1v) is 7.79. The van der Waals surface area contributed by atoms with Gasteiger partial charge in [0.1, 0.15) is 0 Å². The second-order valence-corrected chi connectivity index (χ2v) is 7.21. The van der Waals surface area contributed by atoms with Gasteiger partial charge in [-0.2, -0.15) is 0 Å². The van der Waals surface area contributed by atoms with Crippen molar-refractivity contribution in [1.29, 1.82) is 0 Å². The van der Waals surface area contributed by atoms with E-state index in [1.54, 1.807) is 6.92 Å². The Bertz CT molecular complexity index is 417. The van der Waals surface area contributed by atoms with Crippen LogP contribution in [0.2, 0.25) is 0 Å². The van der Waals surface area contributed by atoms with Crippen LogP contribution in [0.5, 0.6) is 0 Å². The van der Waals surface area contributed by atoms with Crippen LogP contribution in [-0.2, 0) is 19.4 Å². The molecule has 0 aromatic carbocycles. The molecule has 1 amide bonds. The molecule has 1 aliphatic heterocycles. The summed E-state index contributed by atoms with van der Waals surface area (Å²) in [5.41, 5.74) is 0. The van der Waals surface area contributed by atoms with Crippen molar-refractivity contribution in [2.24, 2.45) is 11.8 Å². The van der Waals surface area contributed by atoms with E-state index in [1.165, 1.54) is 0 Å². The molecular weight excluding hydrogens is 258 g/mol. The summed E-state index contributed by atoms with van der Waals surface area (Å²) in [6.45, 7) is 2.06. The van der Waals surface area contributed by atoms with Crippen LogP contribution < -0.4 is 5.32 Å². The highest BCUT2D eigenvalue weighted by atomic mass is 32.2. The lowest BCUT2D eigenvalue weighted by molar-refractivity contribution is -0.138. The van der Waals surface area contributed by atoms with Gasteiger partial charge >= 0.3 is 5.97 Å². The summed E-state index contributed by atoms with van der Waals surface area (Å²) in [7, 11) is -2.91. The fraction of sp³-hybridized carbons (Fsp3) is 0.818. The van der Waals surface area contributed by atoms with Gasteiger partial charge in [0.05, 0.1) is 11.5 Å². The Morgan fingerprint density at radius 1 is 1.39 bits per heavy atom. The highest BCUT2D eigenvalue weighted by molar-refractivity contribution is 7.91. The van der Waals surface area contributed by atoms with Crippen LogP contribution in [0.3, 0.4) is 0 Å². The fourth-order valence-electron chi connectivity index (χ4n) is 2.05. The predicted molar refractivity (Wildman–Crippen MR) is 65.8 cm³/mol. The van der Waals surface area contributed by atoms with Crippen molar-refractivity contribution in [3.8, 4) is 0 Å². The summed E-state index contributed by atoms with van der Waals surface area (Å²) in [6, 6.07) is 0. The van der Waals surface area contributed by atoms with Crippen molar-refractivity contribution in [2.45, 2.75) is 26.2 Å². The van der Waals surface area contributed by atoms with E-state index in [4.69, 9.17) is 5.11 Å². The molecule has 0 radical (unpaired) electrons. The summed E-state index contributed by atoms with van der Waals surface area (Å²) < 4.78 is 22.4. The number of aliphatic carboxylic acids is 1. The standard InChI is InChI=1S/C11H19NO5S/c1-8(5-11(14)15)4-10(13)12-6-9-2-3-18(16,17)7-9/h8-9H,2-7H2,1H3,(H,12,13)(H,14,15). The molecular formula is C11H19NO5S. The van der Waals surface area contributed by atoms with E-state index in [-0.39, 0.29) is 42.1 Å². The molecule has 0 aliphatic carbocycles. The second-order valence-electron chi connectivity index (χ2n) is 4.98. The van der Waals surface area contributed by atoms with Crippen LogP contribution in [0.15, 0.2) is 0 Å². The largest absolute Gasteiger partial charge is 0.481 e. The summed E-state index contributed by atoms with van der Waals surface area (Å²) in [4.78, 5) is 21.9. The maximum atomic E-state index is 11.5. The van der Waals surface area contributed by atoms with Crippen molar-refractivity contribution >= 4 is 21.7 Å². The lowest BCUT2D eigenvalue weighted by atomic mass is 10.0. The average molecular weight is 277 g/mol. The van der Waals surface area contributed by atoms with Crippen molar-refractivity contribution in [2.75, 3.05) is 18.1 Å². The molecule has 104 valence electrons. The number of hydrogen-bond acceptors (Lipinski definition) is 4. The van der Waals surface area contributed by atoms with Crippen molar-refractivity contribution in [3.63, 3.8) is 0 Å². The Balaban J connectivity index is 2.23. The van der Waals surface area contributed by atoms with Gasteiger partial charge in [-0.3, -0.25) is 9.59 Å².